The molecule has 1 aliphatic rings. The second-order valence-corrected chi connectivity index (χ2v) is 6.04. The first-order chi connectivity index (χ1) is 7.94. The minimum absolute atomic E-state index is 0.0861. The number of benzene rings is 1. The molecule has 1 N–H and O–H groups in total. The van der Waals surface area contributed by atoms with E-state index in [0.717, 1.165) is 18.0 Å². The van der Waals surface area contributed by atoms with Gasteiger partial charge in [0.1, 0.15) is 0 Å². The Morgan fingerprint density at radius 1 is 1.47 bits per heavy atom. The summed E-state index contributed by atoms with van der Waals surface area (Å²) in [5, 5.41) is 10.1. The predicted octanol–water partition coefficient (Wildman–Crippen LogP) is 3.25. The Kier molecular flexibility index (Phi) is 3.37. The van der Waals surface area contributed by atoms with Crippen LogP contribution in [0.4, 0.5) is 5.69 Å². The Morgan fingerprint density at radius 2 is 2.18 bits per heavy atom. The molecule has 2 nitrogen and oxygen atoms in total. The number of hydrogen-bond donors (Lipinski definition) is 1. The van der Waals surface area contributed by atoms with Crippen LogP contribution in [0.3, 0.4) is 0 Å². The molecule has 1 aliphatic heterocycles. The Hall–Kier alpha value is -0.730. The average Bonchev–Trinajstić information content (AvgIpc) is 2.57. The van der Waals surface area contributed by atoms with E-state index < -0.39 is 0 Å². The third-order valence-corrected chi connectivity index (χ3v) is 3.91. The summed E-state index contributed by atoms with van der Waals surface area (Å²) < 4.78 is 0. The lowest BCUT2D eigenvalue weighted by atomic mass is 9.96. The number of aliphatic hydroxyl groups excluding tert-OH is 1. The van der Waals surface area contributed by atoms with Crippen molar-refractivity contribution in [2.24, 2.45) is 5.92 Å². The van der Waals surface area contributed by atoms with Crippen LogP contribution in [0.25, 0.3) is 0 Å². The number of rotatable bonds is 2. The van der Waals surface area contributed by atoms with E-state index in [1.54, 1.807) is 0 Å². The summed E-state index contributed by atoms with van der Waals surface area (Å²) in [6.45, 7) is 7.73. The number of aliphatic hydroxyl groups is 1. The van der Waals surface area contributed by atoms with Crippen LogP contribution < -0.4 is 4.90 Å². The first-order valence-corrected chi connectivity index (χ1v) is 6.46. The van der Waals surface area contributed by atoms with Crippen LogP contribution in [-0.2, 0) is 0 Å². The molecule has 0 amide bonds. The molecule has 1 fully saturated rings. The molecule has 3 heteroatoms. The molecule has 17 heavy (non-hydrogen) atoms. The Bertz CT molecular complexity index is 417. The van der Waals surface area contributed by atoms with Crippen molar-refractivity contribution in [1.82, 2.24) is 0 Å². The zero-order valence-corrected chi connectivity index (χ0v) is 11.5. The minimum atomic E-state index is 0.0861. The van der Waals surface area contributed by atoms with Crippen LogP contribution >= 0.6 is 11.6 Å². The molecule has 1 saturated heterocycles. The van der Waals surface area contributed by atoms with Gasteiger partial charge in [0.05, 0.1) is 0 Å². The summed E-state index contributed by atoms with van der Waals surface area (Å²) in [5.41, 5.74) is 2.52. The number of halogens is 1. The highest BCUT2D eigenvalue weighted by molar-refractivity contribution is 6.30. The molecule has 94 valence electrons. The molecule has 2 rings (SSSR count). The molecule has 0 aromatic heterocycles. The quantitative estimate of drug-likeness (QED) is 0.875. The molecule has 0 spiro atoms. The smallest absolute Gasteiger partial charge is 0.0477 e. The van der Waals surface area contributed by atoms with Crippen molar-refractivity contribution >= 4 is 17.3 Å². The zero-order valence-electron chi connectivity index (χ0n) is 10.7. The van der Waals surface area contributed by atoms with Crippen LogP contribution in [0.1, 0.15) is 25.8 Å². The molecular weight excluding hydrogens is 234 g/mol. The van der Waals surface area contributed by atoms with E-state index in [1.807, 2.05) is 12.1 Å². The van der Waals surface area contributed by atoms with Gasteiger partial charge in [-0.05, 0) is 44.9 Å². The van der Waals surface area contributed by atoms with E-state index in [0.29, 0.717) is 5.92 Å². The van der Waals surface area contributed by atoms with Gasteiger partial charge in [-0.1, -0.05) is 17.7 Å². The van der Waals surface area contributed by atoms with Crippen LogP contribution in [0.5, 0.6) is 0 Å². The van der Waals surface area contributed by atoms with Gasteiger partial charge in [-0.2, -0.15) is 0 Å². The lowest BCUT2D eigenvalue weighted by molar-refractivity contribution is 0.232. The summed E-state index contributed by atoms with van der Waals surface area (Å²) in [6.07, 6.45) is 1.02. The number of nitrogens with zero attached hydrogens (tertiary/aromatic N) is 1. The molecule has 1 unspecified atom stereocenters. The lowest BCUT2D eigenvalue weighted by Crippen LogP contribution is -2.38. The maximum atomic E-state index is 9.33. The Labute approximate surface area is 108 Å². The summed E-state index contributed by atoms with van der Waals surface area (Å²) in [7, 11) is 0. The van der Waals surface area contributed by atoms with Crippen molar-refractivity contribution in [2.45, 2.75) is 32.7 Å². The third-order valence-electron chi connectivity index (χ3n) is 3.68. The van der Waals surface area contributed by atoms with E-state index in [9.17, 15) is 5.11 Å². The molecule has 0 bridgehead atoms. The SMILES string of the molecule is Cc1ccc(Cl)cc1N1CC(CO)CC1(C)C. The van der Waals surface area contributed by atoms with E-state index in [2.05, 4.69) is 31.7 Å². The van der Waals surface area contributed by atoms with Crippen molar-refractivity contribution in [3.8, 4) is 0 Å². The molecule has 0 radical (unpaired) electrons. The normalized spacial score (nSPS) is 23.1. The molecular formula is C14H20ClNO. The Balaban J connectivity index is 2.36. The van der Waals surface area contributed by atoms with Gasteiger partial charge in [-0.3, -0.25) is 0 Å². The molecule has 1 heterocycles. The molecule has 1 atom stereocenters. The third kappa shape index (κ3) is 2.43. The summed E-state index contributed by atoms with van der Waals surface area (Å²) in [4.78, 5) is 2.37. The van der Waals surface area contributed by atoms with Crippen molar-refractivity contribution in [3.63, 3.8) is 0 Å². The van der Waals surface area contributed by atoms with Gasteiger partial charge in [0.2, 0.25) is 0 Å². The van der Waals surface area contributed by atoms with Gasteiger partial charge in [0, 0.05) is 35.3 Å². The largest absolute Gasteiger partial charge is 0.396 e. The fourth-order valence-corrected chi connectivity index (χ4v) is 2.97. The van der Waals surface area contributed by atoms with Crippen LogP contribution in [-0.4, -0.2) is 23.8 Å². The minimum Gasteiger partial charge on any atom is -0.396 e. The fourth-order valence-electron chi connectivity index (χ4n) is 2.81. The van der Waals surface area contributed by atoms with Crippen molar-refractivity contribution in [2.75, 3.05) is 18.1 Å². The first kappa shape index (κ1) is 12.7. The number of aryl methyl sites for hydroxylation is 1. The highest BCUT2D eigenvalue weighted by atomic mass is 35.5. The van der Waals surface area contributed by atoms with Gasteiger partial charge in [-0.25, -0.2) is 0 Å². The summed E-state index contributed by atoms with van der Waals surface area (Å²) in [5.74, 6) is 0.364. The summed E-state index contributed by atoms with van der Waals surface area (Å²) in [6, 6.07) is 6.01. The monoisotopic (exact) mass is 253 g/mol. The van der Waals surface area contributed by atoms with Crippen molar-refractivity contribution < 1.29 is 5.11 Å². The van der Waals surface area contributed by atoms with Crippen LogP contribution in [0, 0.1) is 12.8 Å². The van der Waals surface area contributed by atoms with Crippen LogP contribution in [0.15, 0.2) is 18.2 Å². The molecule has 0 saturated carbocycles. The molecule has 1 aromatic rings. The topological polar surface area (TPSA) is 23.5 Å². The number of anilines is 1. The Morgan fingerprint density at radius 3 is 2.76 bits per heavy atom. The molecule has 0 aliphatic carbocycles. The second-order valence-electron chi connectivity index (χ2n) is 5.61. The highest BCUT2D eigenvalue weighted by Crippen LogP contribution is 2.38. The van der Waals surface area contributed by atoms with Gasteiger partial charge in [0.25, 0.3) is 0 Å². The van der Waals surface area contributed by atoms with Crippen molar-refractivity contribution in [3.05, 3.63) is 28.8 Å². The standard InChI is InChI=1S/C14H20ClNO/c1-10-4-5-12(15)6-13(10)16-8-11(9-17)7-14(16,2)3/h4-6,11,17H,7-9H2,1-3H3. The van der Waals surface area contributed by atoms with Gasteiger partial charge < -0.3 is 10.0 Å². The van der Waals surface area contributed by atoms with Crippen LogP contribution in [0.2, 0.25) is 5.02 Å². The maximum absolute atomic E-state index is 9.33. The first-order valence-electron chi connectivity index (χ1n) is 6.08. The van der Waals surface area contributed by atoms with E-state index >= 15 is 0 Å². The lowest BCUT2D eigenvalue weighted by Gasteiger charge is -2.34. The number of hydrogen-bond acceptors (Lipinski definition) is 2. The highest BCUT2D eigenvalue weighted by Gasteiger charge is 2.38. The average molecular weight is 254 g/mol. The summed E-state index contributed by atoms with van der Waals surface area (Å²) >= 11 is 6.08. The van der Waals surface area contributed by atoms with Gasteiger partial charge in [0.15, 0.2) is 0 Å². The fraction of sp³-hybridized carbons (Fsp3) is 0.571. The maximum Gasteiger partial charge on any atom is 0.0477 e. The van der Waals surface area contributed by atoms with Gasteiger partial charge in [-0.15, -0.1) is 0 Å². The van der Waals surface area contributed by atoms with E-state index in [4.69, 9.17) is 11.6 Å². The molecule has 1 aromatic carbocycles. The van der Waals surface area contributed by atoms with E-state index in [-0.39, 0.29) is 12.1 Å². The van der Waals surface area contributed by atoms with Gasteiger partial charge >= 0.3 is 0 Å². The van der Waals surface area contributed by atoms with Crippen molar-refractivity contribution in [1.29, 1.82) is 0 Å². The zero-order chi connectivity index (χ0) is 12.6. The van der Waals surface area contributed by atoms with E-state index in [1.165, 1.54) is 11.3 Å². The predicted molar refractivity (Wildman–Crippen MR) is 72.8 cm³/mol. The second kappa shape index (κ2) is 4.51.